The second-order valence-corrected chi connectivity index (χ2v) is 5.08. The second kappa shape index (κ2) is 6.48. The van der Waals surface area contributed by atoms with Crippen molar-refractivity contribution in [3.63, 3.8) is 0 Å². The summed E-state index contributed by atoms with van der Waals surface area (Å²) in [6, 6.07) is 9.10. The number of H-pyrrole nitrogens is 1. The summed E-state index contributed by atoms with van der Waals surface area (Å²) in [5, 5.41) is 20.6. The standard InChI is InChI=1S/C16H14N4O5/c1-24-10-4-6-14(25-2)13(8-10)17-16(21)15-11-7-9(20(22)23)3-5-12(11)18-19-15/h3-8H,1-2H3,(H,17,21)(H,18,19). The van der Waals surface area contributed by atoms with Crippen LogP contribution in [0.2, 0.25) is 0 Å². The molecule has 0 saturated heterocycles. The van der Waals surface area contributed by atoms with Gasteiger partial charge in [-0.3, -0.25) is 20.0 Å². The molecule has 1 heterocycles. The first-order valence-corrected chi connectivity index (χ1v) is 7.19. The molecule has 0 atom stereocenters. The molecule has 1 aromatic heterocycles. The predicted molar refractivity (Wildman–Crippen MR) is 90.2 cm³/mol. The fourth-order valence-corrected chi connectivity index (χ4v) is 2.38. The van der Waals surface area contributed by atoms with E-state index in [9.17, 15) is 14.9 Å². The molecule has 128 valence electrons. The Bertz CT molecular complexity index is 966. The second-order valence-electron chi connectivity index (χ2n) is 5.08. The van der Waals surface area contributed by atoms with E-state index in [2.05, 4.69) is 15.5 Å². The van der Waals surface area contributed by atoms with E-state index >= 15 is 0 Å². The number of rotatable bonds is 5. The first-order chi connectivity index (χ1) is 12.0. The number of fused-ring (bicyclic) bond motifs is 1. The molecule has 25 heavy (non-hydrogen) atoms. The Morgan fingerprint density at radius 3 is 2.68 bits per heavy atom. The summed E-state index contributed by atoms with van der Waals surface area (Å²) >= 11 is 0. The molecule has 0 aliphatic carbocycles. The maximum Gasteiger partial charge on any atom is 0.276 e. The summed E-state index contributed by atoms with van der Waals surface area (Å²) in [5.74, 6) is 0.455. The van der Waals surface area contributed by atoms with Crippen LogP contribution in [0.1, 0.15) is 10.5 Å². The number of nitrogens with zero attached hydrogens (tertiary/aromatic N) is 2. The minimum Gasteiger partial charge on any atom is -0.497 e. The molecule has 0 aliphatic rings. The molecule has 3 aromatic rings. The van der Waals surface area contributed by atoms with Gasteiger partial charge < -0.3 is 14.8 Å². The smallest absolute Gasteiger partial charge is 0.276 e. The number of nitrogens with one attached hydrogen (secondary N) is 2. The summed E-state index contributed by atoms with van der Waals surface area (Å²) in [4.78, 5) is 23.0. The van der Waals surface area contributed by atoms with Gasteiger partial charge in [0.25, 0.3) is 11.6 Å². The summed E-state index contributed by atoms with van der Waals surface area (Å²) in [6.07, 6.45) is 0. The number of carbonyl (C=O) groups is 1. The van der Waals surface area contributed by atoms with Crippen LogP contribution in [0.3, 0.4) is 0 Å². The summed E-state index contributed by atoms with van der Waals surface area (Å²) < 4.78 is 10.3. The Morgan fingerprint density at radius 2 is 2.00 bits per heavy atom. The van der Waals surface area contributed by atoms with Crippen molar-refractivity contribution in [2.75, 3.05) is 19.5 Å². The number of methoxy groups -OCH3 is 2. The predicted octanol–water partition coefficient (Wildman–Crippen LogP) is 2.74. The highest BCUT2D eigenvalue weighted by Crippen LogP contribution is 2.30. The van der Waals surface area contributed by atoms with E-state index in [0.29, 0.717) is 28.1 Å². The average molecular weight is 342 g/mol. The van der Waals surface area contributed by atoms with Crippen LogP contribution in [0.25, 0.3) is 10.9 Å². The van der Waals surface area contributed by atoms with Gasteiger partial charge in [-0.1, -0.05) is 0 Å². The summed E-state index contributed by atoms with van der Waals surface area (Å²) in [7, 11) is 2.98. The third-order valence-electron chi connectivity index (χ3n) is 3.63. The Balaban J connectivity index is 1.98. The van der Waals surface area contributed by atoms with E-state index in [-0.39, 0.29) is 11.4 Å². The molecule has 9 heteroatoms. The van der Waals surface area contributed by atoms with E-state index in [4.69, 9.17) is 9.47 Å². The normalized spacial score (nSPS) is 10.5. The van der Waals surface area contributed by atoms with Crippen molar-refractivity contribution in [2.45, 2.75) is 0 Å². The molecule has 0 saturated carbocycles. The molecule has 0 bridgehead atoms. The highest BCUT2D eigenvalue weighted by Gasteiger charge is 2.19. The van der Waals surface area contributed by atoms with E-state index in [1.54, 1.807) is 18.2 Å². The fourth-order valence-electron chi connectivity index (χ4n) is 2.38. The molecule has 3 rings (SSSR count). The SMILES string of the molecule is COc1ccc(OC)c(NC(=O)c2n[nH]c3ccc([N+](=O)[O-])cc23)c1. The number of hydrogen-bond donors (Lipinski definition) is 2. The lowest BCUT2D eigenvalue weighted by molar-refractivity contribution is -0.384. The van der Waals surface area contributed by atoms with E-state index < -0.39 is 10.8 Å². The number of ether oxygens (including phenoxy) is 2. The van der Waals surface area contributed by atoms with Crippen LogP contribution >= 0.6 is 0 Å². The van der Waals surface area contributed by atoms with Crippen LogP contribution in [-0.2, 0) is 0 Å². The number of nitro benzene ring substituents is 1. The zero-order chi connectivity index (χ0) is 18.0. The third-order valence-corrected chi connectivity index (χ3v) is 3.63. The molecule has 0 fully saturated rings. The molecule has 2 N–H and O–H groups in total. The maximum absolute atomic E-state index is 12.6. The number of amides is 1. The maximum atomic E-state index is 12.6. The Morgan fingerprint density at radius 1 is 1.20 bits per heavy atom. The molecule has 1 amide bonds. The number of aromatic amines is 1. The third kappa shape index (κ3) is 3.07. The van der Waals surface area contributed by atoms with Crippen LogP contribution in [-0.4, -0.2) is 35.2 Å². The first-order valence-electron chi connectivity index (χ1n) is 7.19. The van der Waals surface area contributed by atoms with Crippen molar-refractivity contribution in [3.8, 4) is 11.5 Å². The summed E-state index contributed by atoms with van der Waals surface area (Å²) in [6.45, 7) is 0. The number of hydrogen-bond acceptors (Lipinski definition) is 6. The van der Waals surface area contributed by atoms with Gasteiger partial charge in [-0.05, 0) is 18.2 Å². The minimum absolute atomic E-state index is 0.0450. The average Bonchev–Trinajstić information content (AvgIpc) is 3.04. The van der Waals surface area contributed by atoms with Gasteiger partial charge in [0.2, 0.25) is 0 Å². The van der Waals surface area contributed by atoms with Crippen molar-refractivity contribution in [1.29, 1.82) is 0 Å². The van der Waals surface area contributed by atoms with Crippen LogP contribution in [0.15, 0.2) is 36.4 Å². The van der Waals surface area contributed by atoms with E-state index in [0.717, 1.165) is 0 Å². The van der Waals surface area contributed by atoms with Crippen molar-refractivity contribution in [3.05, 3.63) is 52.2 Å². The van der Waals surface area contributed by atoms with Gasteiger partial charge >= 0.3 is 0 Å². The van der Waals surface area contributed by atoms with Gasteiger partial charge in [0.1, 0.15) is 11.5 Å². The van der Waals surface area contributed by atoms with Gasteiger partial charge in [0.15, 0.2) is 5.69 Å². The number of non-ortho nitro benzene ring substituents is 1. The quantitative estimate of drug-likeness (QED) is 0.543. The molecule has 0 spiro atoms. The minimum atomic E-state index is -0.529. The number of aromatic nitrogens is 2. The zero-order valence-electron chi connectivity index (χ0n) is 13.4. The topological polar surface area (TPSA) is 119 Å². The van der Waals surface area contributed by atoms with Crippen LogP contribution in [0.4, 0.5) is 11.4 Å². The Kier molecular flexibility index (Phi) is 4.21. The van der Waals surface area contributed by atoms with Gasteiger partial charge in [0, 0.05) is 23.6 Å². The first kappa shape index (κ1) is 16.2. The molecule has 0 radical (unpaired) electrons. The lowest BCUT2D eigenvalue weighted by Crippen LogP contribution is -2.13. The molecule has 0 aliphatic heterocycles. The molecular weight excluding hydrogens is 328 g/mol. The highest BCUT2D eigenvalue weighted by atomic mass is 16.6. The Hall–Kier alpha value is -3.62. The highest BCUT2D eigenvalue weighted by molar-refractivity contribution is 6.11. The zero-order valence-corrected chi connectivity index (χ0v) is 13.4. The van der Waals surface area contributed by atoms with Crippen molar-refractivity contribution >= 4 is 28.2 Å². The molecule has 0 unspecified atom stereocenters. The number of carbonyl (C=O) groups excluding carboxylic acids is 1. The van der Waals surface area contributed by atoms with Crippen molar-refractivity contribution < 1.29 is 19.2 Å². The van der Waals surface area contributed by atoms with Crippen molar-refractivity contribution in [1.82, 2.24) is 10.2 Å². The van der Waals surface area contributed by atoms with Crippen LogP contribution < -0.4 is 14.8 Å². The van der Waals surface area contributed by atoms with Gasteiger partial charge in [0.05, 0.1) is 30.3 Å². The van der Waals surface area contributed by atoms with Gasteiger partial charge in [-0.25, -0.2) is 0 Å². The largest absolute Gasteiger partial charge is 0.497 e. The number of nitro groups is 1. The van der Waals surface area contributed by atoms with E-state index in [1.165, 1.54) is 32.4 Å². The molecular formula is C16H14N4O5. The molecule has 2 aromatic carbocycles. The fraction of sp³-hybridized carbons (Fsp3) is 0.125. The van der Waals surface area contributed by atoms with E-state index in [1.807, 2.05) is 0 Å². The summed E-state index contributed by atoms with van der Waals surface area (Å²) in [5.41, 5.74) is 0.840. The van der Waals surface area contributed by atoms with Gasteiger partial charge in [-0.2, -0.15) is 5.10 Å². The van der Waals surface area contributed by atoms with Crippen molar-refractivity contribution in [2.24, 2.45) is 0 Å². The Labute approximate surface area is 141 Å². The number of benzene rings is 2. The molecule has 9 nitrogen and oxygen atoms in total. The lowest BCUT2D eigenvalue weighted by Gasteiger charge is -2.11. The van der Waals surface area contributed by atoms with Crippen LogP contribution in [0.5, 0.6) is 11.5 Å². The monoisotopic (exact) mass is 342 g/mol. The number of anilines is 1. The lowest BCUT2D eigenvalue weighted by atomic mass is 10.1. The van der Waals surface area contributed by atoms with Gasteiger partial charge in [-0.15, -0.1) is 0 Å². The van der Waals surface area contributed by atoms with Crippen LogP contribution in [0, 0.1) is 10.1 Å².